The molecule has 0 bridgehead atoms. The number of halogens is 1. The molecular formula is C18H23BrN2. The van der Waals surface area contributed by atoms with Gasteiger partial charge in [0.05, 0.1) is 0 Å². The average molecular weight is 347 g/mol. The van der Waals surface area contributed by atoms with Gasteiger partial charge in [0.15, 0.2) is 0 Å². The van der Waals surface area contributed by atoms with Gasteiger partial charge in [0.1, 0.15) is 0 Å². The summed E-state index contributed by atoms with van der Waals surface area (Å²) in [7, 11) is 0. The topological polar surface area (TPSA) is 29.3 Å². The minimum Gasteiger partial charge on any atom is -0.329 e. The molecule has 0 aliphatic carbocycles. The molecule has 0 saturated carbocycles. The monoisotopic (exact) mass is 346 g/mol. The molecule has 112 valence electrons. The predicted octanol–water partition coefficient (Wildman–Crippen LogP) is 3.84. The van der Waals surface area contributed by atoms with Gasteiger partial charge in [0, 0.05) is 24.1 Å². The van der Waals surface area contributed by atoms with E-state index in [4.69, 9.17) is 5.73 Å². The summed E-state index contributed by atoms with van der Waals surface area (Å²) in [4.78, 5) is 2.44. The van der Waals surface area contributed by atoms with E-state index in [9.17, 15) is 0 Å². The molecule has 2 aromatic rings. The van der Waals surface area contributed by atoms with Gasteiger partial charge in [-0.25, -0.2) is 0 Å². The van der Waals surface area contributed by atoms with Crippen molar-refractivity contribution in [1.82, 2.24) is 4.90 Å². The minimum atomic E-state index is 0.710. The maximum Gasteiger partial charge on any atom is 0.0234 e. The maximum atomic E-state index is 5.74. The number of benzene rings is 2. The molecule has 2 N–H and O–H groups in total. The molecule has 0 unspecified atom stereocenters. The normalized spacial score (nSPS) is 11.0. The van der Waals surface area contributed by atoms with Gasteiger partial charge < -0.3 is 5.73 Å². The summed E-state index contributed by atoms with van der Waals surface area (Å²) in [6, 6.07) is 19.2. The smallest absolute Gasteiger partial charge is 0.0234 e. The van der Waals surface area contributed by atoms with E-state index >= 15 is 0 Å². The molecule has 0 aliphatic heterocycles. The number of rotatable bonds is 8. The fraction of sp³-hybridized carbons (Fsp3) is 0.333. The van der Waals surface area contributed by atoms with Crippen LogP contribution in [-0.4, -0.2) is 24.5 Å². The van der Waals surface area contributed by atoms with E-state index in [-0.39, 0.29) is 0 Å². The van der Waals surface area contributed by atoms with Gasteiger partial charge in [-0.15, -0.1) is 0 Å². The Hall–Kier alpha value is -1.16. The van der Waals surface area contributed by atoms with Crippen molar-refractivity contribution in [2.75, 3.05) is 19.6 Å². The van der Waals surface area contributed by atoms with Crippen molar-refractivity contribution in [2.45, 2.75) is 19.4 Å². The van der Waals surface area contributed by atoms with Gasteiger partial charge in [-0.05, 0) is 42.6 Å². The van der Waals surface area contributed by atoms with Crippen molar-refractivity contribution in [3.63, 3.8) is 0 Å². The van der Waals surface area contributed by atoms with Crippen molar-refractivity contribution in [3.05, 3.63) is 70.2 Å². The van der Waals surface area contributed by atoms with Crippen LogP contribution in [0.3, 0.4) is 0 Å². The van der Waals surface area contributed by atoms with Crippen molar-refractivity contribution >= 4 is 15.9 Å². The Morgan fingerprint density at radius 3 is 2.24 bits per heavy atom. The van der Waals surface area contributed by atoms with Gasteiger partial charge in [-0.2, -0.15) is 0 Å². The third kappa shape index (κ3) is 6.00. The van der Waals surface area contributed by atoms with E-state index in [2.05, 4.69) is 75.4 Å². The van der Waals surface area contributed by atoms with Gasteiger partial charge in [0.2, 0.25) is 0 Å². The summed E-state index contributed by atoms with van der Waals surface area (Å²) in [5, 5.41) is 0. The molecule has 0 saturated heterocycles. The summed E-state index contributed by atoms with van der Waals surface area (Å²) < 4.78 is 1.13. The molecule has 0 atom stereocenters. The lowest BCUT2D eigenvalue weighted by atomic mass is 10.1. The number of hydrogen-bond donors (Lipinski definition) is 1. The summed E-state index contributed by atoms with van der Waals surface area (Å²) >= 11 is 3.48. The number of hydrogen-bond acceptors (Lipinski definition) is 2. The maximum absolute atomic E-state index is 5.74. The van der Waals surface area contributed by atoms with Crippen molar-refractivity contribution in [1.29, 1.82) is 0 Å². The standard InChI is InChI=1S/C18H23BrN2/c19-18-10-8-17(9-11-18)15-21(14-12-20)13-4-7-16-5-2-1-3-6-16/h1-3,5-6,8-11H,4,7,12-15,20H2. The number of nitrogens with two attached hydrogens (primary N) is 1. The Kier molecular flexibility index (Phi) is 6.93. The zero-order chi connectivity index (χ0) is 14.9. The molecule has 0 fully saturated rings. The van der Waals surface area contributed by atoms with E-state index < -0.39 is 0 Å². The second-order valence-corrected chi connectivity index (χ2v) is 6.20. The molecule has 0 aliphatic rings. The van der Waals surface area contributed by atoms with Gasteiger partial charge >= 0.3 is 0 Å². The van der Waals surface area contributed by atoms with Gasteiger partial charge in [0.25, 0.3) is 0 Å². The zero-order valence-corrected chi connectivity index (χ0v) is 13.9. The van der Waals surface area contributed by atoms with Crippen LogP contribution in [0.2, 0.25) is 0 Å². The Morgan fingerprint density at radius 2 is 1.57 bits per heavy atom. The van der Waals surface area contributed by atoms with Crippen LogP contribution < -0.4 is 5.73 Å². The molecular weight excluding hydrogens is 324 g/mol. The van der Waals surface area contributed by atoms with Crippen LogP contribution in [0.25, 0.3) is 0 Å². The predicted molar refractivity (Wildman–Crippen MR) is 93.2 cm³/mol. The van der Waals surface area contributed by atoms with Crippen molar-refractivity contribution in [2.24, 2.45) is 5.73 Å². The second kappa shape index (κ2) is 8.98. The first kappa shape index (κ1) is 16.2. The Bertz CT molecular complexity index is 511. The molecule has 0 heterocycles. The lowest BCUT2D eigenvalue weighted by molar-refractivity contribution is 0.269. The summed E-state index contributed by atoms with van der Waals surface area (Å²) in [6.45, 7) is 3.72. The second-order valence-electron chi connectivity index (χ2n) is 5.28. The Balaban J connectivity index is 1.82. The van der Waals surface area contributed by atoms with E-state index in [1.165, 1.54) is 17.5 Å². The summed E-state index contributed by atoms with van der Waals surface area (Å²) in [6.07, 6.45) is 2.29. The highest BCUT2D eigenvalue weighted by Crippen LogP contribution is 2.13. The first-order valence-corrected chi connectivity index (χ1v) is 8.28. The average Bonchev–Trinajstić information content (AvgIpc) is 2.51. The Morgan fingerprint density at radius 1 is 0.857 bits per heavy atom. The quantitative estimate of drug-likeness (QED) is 0.786. The molecule has 0 radical (unpaired) electrons. The first-order chi connectivity index (χ1) is 10.3. The van der Waals surface area contributed by atoms with Gasteiger partial charge in [-0.1, -0.05) is 58.4 Å². The molecule has 3 heteroatoms. The molecule has 0 spiro atoms. The highest BCUT2D eigenvalue weighted by molar-refractivity contribution is 9.10. The Labute approximate surface area is 136 Å². The van der Waals surface area contributed by atoms with E-state index in [1.807, 2.05) is 0 Å². The van der Waals surface area contributed by atoms with Crippen LogP contribution >= 0.6 is 15.9 Å². The van der Waals surface area contributed by atoms with E-state index in [1.54, 1.807) is 0 Å². The molecule has 0 aromatic heterocycles. The number of aryl methyl sites for hydroxylation is 1. The molecule has 0 amide bonds. The first-order valence-electron chi connectivity index (χ1n) is 7.49. The molecule has 2 nitrogen and oxygen atoms in total. The van der Waals surface area contributed by atoms with Gasteiger partial charge in [-0.3, -0.25) is 4.90 Å². The summed E-state index contributed by atoms with van der Waals surface area (Å²) in [5.74, 6) is 0. The fourth-order valence-electron chi connectivity index (χ4n) is 2.45. The number of nitrogens with zero attached hydrogens (tertiary/aromatic N) is 1. The van der Waals surface area contributed by atoms with Crippen molar-refractivity contribution in [3.8, 4) is 0 Å². The highest BCUT2D eigenvalue weighted by Gasteiger charge is 2.05. The van der Waals surface area contributed by atoms with Crippen molar-refractivity contribution < 1.29 is 0 Å². The molecule has 21 heavy (non-hydrogen) atoms. The third-order valence-corrected chi connectivity index (χ3v) is 4.08. The van der Waals surface area contributed by atoms with E-state index in [0.29, 0.717) is 6.54 Å². The van der Waals surface area contributed by atoms with Crippen LogP contribution in [0.5, 0.6) is 0 Å². The molecule has 2 rings (SSSR count). The summed E-state index contributed by atoms with van der Waals surface area (Å²) in [5.41, 5.74) is 8.49. The lowest BCUT2D eigenvalue weighted by Gasteiger charge is -2.21. The SMILES string of the molecule is NCCN(CCCc1ccccc1)Cc1ccc(Br)cc1. The fourth-order valence-corrected chi connectivity index (χ4v) is 2.72. The minimum absolute atomic E-state index is 0.710. The highest BCUT2D eigenvalue weighted by atomic mass is 79.9. The lowest BCUT2D eigenvalue weighted by Crippen LogP contribution is -2.30. The zero-order valence-electron chi connectivity index (χ0n) is 12.3. The van der Waals surface area contributed by atoms with Crippen LogP contribution in [0.15, 0.2) is 59.1 Å². The largest absolute Gasteiger partial charge is 0.329 e. The van der Waals surface area contributed by atoms with Crippen LogP contribution in [0.4, 0.5) is 0 Å². The third-order valence-electron chi connectivity index (χ3n) is 3.55. The van der Waals surface area contributed by atoms with Crippen LogP contribution in [0, 0.1) is 0 Å². The molecule has 2 aromatic carbocycles. The van der Waals surface area contributed by atoms with Crippen LogP contribution in [-0.2, 0) is 13.0 Å². The van der Waals surface area contributed by atoms with Crippen LogP contribution in [0.1, 0.15) is 17.5 Å². The van der Waals surface area contributed by atoms with E-state index in [0.717, 1.165) is 30.5 Å².